The van der Waals surface area contributed by atoms with Crippen molar-refractivity contribution in [3.05, 3.63) is 30.6 Å². The number of piperidine rings is 1. The summed E-state index contributed by atoms with van der Waals surface area (Å²) in [6.45, 7) is 7.02. The number of halogens is 2. The van der Waals surface area contributed by atoms with E-state index in [1.807, 2.05) is 44.4 Å². The van der Waals surface area contributed by atoms with Gasteiger partial charge in [-0.15, -0.1) is 0 Å². The lowest BCUT2D eigenvalue weighted by molar-refractivity contribution is -0.127. The molecular weight excluding hydrogens is 788 g/mol. The number of anilines is 3. The first-order valence-corrected chi connectivity index (χ1v) is 22.0. The Hall–Kier alpha value is -1.12. The Morgan fingerprint density at radius 2 is 1.80 bits per heavy atom. The van der Waals surface area contributed by atoms with Gasteiger partial charge in [0.2, 0.25) is 11.9 Å². The van der Waals surface area contributed by atoms with Gasteiger partial charge < -0.3 is 20.3 Å². The summed E-state index contributed by atoms with van der Waals surface area (Å²) in [4.78, 5) is 28.0. The number of hydrogen-bond donors (Lipinski definition) is 3. The van der Waals surface area contributed by atoms with Crippen LogP contribution in [0.3, 0.4) is 0 Å². The maximum Gasteiger partial charge on any atom is 0.243 e. The van der Waals surface area contributed by atoms with Gasteiger partial charge >= 0.3 is 0 Å². The van der Waals surface area contributed by atoms with Gasteiger partial charge in [-0.05, 0) is 114 Å². The molecular formula is C26H40I2N8O3P2. The molecule has 0 spiro atoms. The van der Waals surface area contributed by atoms with Gasteiger partial charge in [-0.2, -0.15) is 9.97 Å². The van der Waals surface area contributed by atoms with Crippen LogP contribution < -0.4 is 20.9 Å². The molecule has 226 valence electrons. The molecule has 3 N–H and O–H groups in total. The second-order valence-electron chi connectivity index (χ2n) is 9.36. The Balaban J connectivity index is 0.00000226. The van der Waals surface area contributed by atoms with E-state index in [9.17, 15) is 4.79 Å². The quantitative estimate of drug-likeness (QED) is 0.0633. The van der Waals surface area contributed by atoms with E-state index < -0.39 is 0 Å². The summed E-state index contributed by atoms with van der Waals surface area (Å²) in [6, 6.07) is 8.22. The summed E-state index contributed by atoms with van der Waals surface area (Å²) in [5.74, 6) is 2.08. The number of nitrogens with zero attached hydrogens (tertiary/aromatic N) is 5. The molecule has 0 saturated carbocycles. The van der Waals surface area contributed by atoms with Gasteiger partial charge in [0.15, 0.2) is 17.0 Å². The van der Waals surface area contributed by atoms with Gasteiger partial charge in [0.05, 0.1) is 13.0 Å². The molecule has 15 heteroatoms. The molecule has 0 bridgehead atoms. The number of carbonyl (C=O) groups excluding carboxylic acids is 1. The van der Waals surface area contributed by atoms with Crippen molar-refractivity contribution >= 4 is 91.4 Å². The molecule has 3 heterocycles. The van der Waals surface area contributed by atoms with Crippen LogP contribution in [0.2, 0.25) is 0 Å². The Labute approximate surface area is 272 Å². The number of amides is 1. The number of nitrogens with one attached hydrogen (secondary N) is 3. The standard InChI is InChI=1S/C24H34I2N8O3P2.C2H6/c1-33-13-11-18(12-14-33)28-22-21-23(34(38-25)16-27-21)31-24(30-22)29-17-7-9-19(10-8-17)36-15-5-3-2-4-6-20(35)32-37-39-26;1-2/h7-10,16,18,38-39H,2-6,11-15H2,1H3,(H,32,35)(H2,28,29,30,31);1-2H3. The number of hydrogen-bond acceptors (Lipinski definition) is 9. The van der Waals surface area contributed by atoms with E-state index in [1.54, 1.807) is 0 Å². The van der Waals surface area contributed by atoms with Crippen molar-refractivity contribution in [2.75, 3.05) is 37.4 Å². The van der Waals surface area contributed by atoms with Gasteiger partial charge in [0.1, 0.15) is 18.5 Å². The van der Waals surface area contributed by atoms with Gasteiger partial charge in [0.25, 0.3) is 0 Å². The monoisotopic (exact) mass is 828 g/mol. The van der Waals surface area contributed by atoms with E-state index in [0.717, 1.165) is 80.0 Å². The van der Waals surface area contributed by atoms with Crippen LogP contribution in [0.25, 0.3) is 11.2 Å². The molecule has 3 aromatic rings. The van der Waals surface area contributed by atoms with Crippen molar-refractivity contribution in [1.82, 2.24) is 29.7 Å². The van der Waals surface area contributed by atoms with Gasteiger partial charge in [-0.25, -0.2) is 15.1 Å². The highest BCUT2D eigenvalue weighted by molar-refractivity contribution is 14.2. The van der Waals surface area contributed by atoms with Crippen LogP contribution in [-0.2, 0) is 9.42 Å². The zero-order chi connectivity index (χ0) is 29.5. The maximum atomic E-state index is 11.5. The van der Waals surface area contributed by atoms with Crippen molar-refractivity contribution < 1.29 is 14.2 Å². The predicted molar refractivity (Wildman–Crippen MR) is 188 cm³/mol. The SMILES string of the molecule is CC.CN1CCC(Nc2nc(Nc3ccc(OCCCCCCC(=O)NOPI)cc3)nc3c2ncn3PI)CC1. The molecule has 2 unspecified atom stereocenters. The molecule has 1 fully saturated rings. The normalized spacial score (nSPS) is 14.5. The van der Waals surface area contributed by atoms with E-state index >= 15 is 0 Å². The van der Waals surface area contributed by atoms with E-state index in [2.05, 4.69) is 81.5 Å². The number of rotatable bonds is 15. The Kier molecular flexibility index (Phi) is 16.1. The van der Waals surface area contributed by atoms with Crippen molar-refractivity contribution in [3.63, 3.8) is 0 Å². The number of unbranched alkanes of at least 4 members (excludes halogenated alkanes) is 3. The number of ether oxygens (including phenoxy) is 1. The van der Waals surface area contributed by atoms with Crippen LogP contribution in [-0.4, -0.2) is 62.9 Å². The molecule has 4 rings (SSSR count). The zero-order valence-corrected chi connectivity index (χ0v) is 30.1. The number of aromatic nitrogens is 4. The lowest BCUT2D eigenvalue weighted by Crippen LogP contribution is -2.37. The molecule has 1 aliphatic heterocycles. The summed E-state index contributed by atoms with van der Waals surface area (Å²) >= 11 is 4.41. The largest absolute Gasteiger partial charge is 0.494 e. The first-order chi connectivity index (χ1) is 20.1. The second-order valence-corrected chi connectivity index (χ2v) is 13.1. The minimum Gasteiger partial charge on any atom is -0.494 e. The Morgan fingerprint density at radius 3 is 2.51 bits per heavy atom. The average Bonchev–Trinajstić information content (AvgIpc) is 3.42. The third kappa shape index (κ3) is 11.5. The Bertz CT molecular complexity index is 1200. The Morgan fingerprint density at radius 1 is 1.07 bits per heavy atom. The van der Waals surface area contributed by atoms with E-state index in [-0.39, 0.29) is 12.4 Å². The first-order valence-electron chi connectivity index (χ1n) is 13.9. The summed E-state index contributed by atoms with van der Waals surface area (Å²) in [5.41, 5.74) is 4.95. The zero-order valence-electron chi connectivity index (χ0n) is 23.8. The van der Waals surface area contributed by atoms with Gasteiger partial charge in [0, 0.05) is 18.2 Å². The van der Waals surface area contributed by atoms with Crippen LogP contribution in [0.15, 0.2) is 30.6 Å². The number of benzene rings is 1. The number of likely N-dealkylation sites (tertiary alicyclic amines) is 1. The molecule has 11 nitrogen and oxygen atoms in total. The average molecular weight is 828 g/mol. The first kappa shape index (κ1) is 34.4. The molecule has 1 amide bonds. The minimum absolute atomic E-state index is 0.0600. The lowest BCUT2D eigenvalue weighted by atomic mass is 10.1. The number of hydroxylamine groups is 1. The fourth-order valence-corrected chi connectivity index (χ4v) is 6.17. The topological polar surface area (TPSA) is 118 Å². The highest BCUT2D eigenvalue weighted by atomic mass is 127. The molecule has 1 aromatic carbocycles. The van der Waals surface area contributed by atoms with Crippen molar-refractivity contribution in [3.8, 4) is 5.75 Å². The summed E-state index contributed by atoms with van der Waals surface area (Å²) in [7, 11) is 2.16. The smallest absolute Gasteiger partial charge is 0.243 e. The predicted octanol–water partition coefficient (Wildman–Crippen LogP) is 7.21. The molecule has 0 radical (unpaired) electrons. The van der Waals surface area contributed by atoms with Crippen molar-refractivity contribution in [2.45, 2.75) is 64.8 Å². The van der Waals surface area contributed by atoms with Crippen molar-refractivity contribution in [2.24, 2.45) is 0 Å². The van der Waals surface area contributed by atoms with Crippen LogP contribution in [0, 0.1) is 0 Å². The third-order valence-corrected chi connectivity index (χ3v) is 9.34. The van der Waals surface area contributed by atoms with E-state index in [0.29, 0.717) is 31.4 Å². The molecule has 1 aliphatic rings. The van der Waals surface area contributed by atoms with Gasteiger partial charge in [-0.1, -0.05) is 26.7 Å². The molecule has 41 heavy (non-hydrogen) atoms. The van der Waals surface area contributed by atoms with Crippen LogP contribution in [0.1, 0.15) is 58.8 Å². The number of fused-ring (bicyclic) bond motifs is 1. The van der Waals surface area contributed by atoms with E-state index in [1.165, 1.54) is 0 Å². The summed E-state index contributed by atoms with van der Waals surface area (Å²) < 4.78 is 12.9. The van der Waals surface area contributed by atoms with Crippen LogP contribution in [0.4, 0.5) is 17.5 Å². The highest BCUT2D eigenvalue weighted by Gasteiger charge is 2.20. The van der Waals surface area contributed by atoms with Gasteiger partial charge in [-0.3, -0.25) is 9.13 Å². The van der Waals surface area contributed by atoms with E-state index in [4.69, 9.17) is 19.3 Å². The summed E-state index contributed by atoms with van der Waals surface area (Å²) in [6.07, 6.45) is 8.77. The fraction of sp³-hybridized carbons (Fsp3) is 0.538. The summed E-state index contributed by atoms with van der Waals surface area (Å²) in [5, 5.41) is 6.99. The van der Waals surface area contributed by atoms with Crippen molar-refractivity contribution in [1.29, 1.82) is 0 Å². The molecule has 0 aliphatic carbocycles. The third-order valence-electron chi connectivity index (χ3n) is 6.43. The minimum atomic E-state index is -0.0600. The number of carbonyl (C=O) groups is 1. The fourth-order valence-electron chi connectivity index (χ4n) is 4.29. The van der Waals surface area contributed by atoms with Crippen LogP contribution in [0.5, 0.6) is 5.75 Å². The van der Waals surface area contributed by atoms with Crippen LogP contribution >= 0.6 is 56.9 Å². The highest BCUT2D eigenvalue weighted by Crippen LogP contribution is 2.32. The number of imidazole rings is 1. The molecule has 2 atom stereocenters. The molecule has 1 saturated heterocycles. The second kappa shape index (κ2) is 19.2. The lowest BCUT2D eigenvalue weighted by Gasteiger charge is -2.29. The molecule has 2 aromatic heterocycles. The maximum absolute atomic E-state index is 11.5.